The van der Waals surface area contributed by atoms with Crippen LogP contribution in [0.3, 0.4) is 0 Å². The van der Waals surface area contributed by atoms with Crippen LogP contribution in [0.15, 0.2) is 42.5 Å². The molecule has 0 bridgehead atoms. The molecule has 3 rings (SSSR count). The number of carbonyl (C=O) groups excluding carboxylic acids is 3. The highest BCUT2D eigenvalue weighted by Crippen LogP contribution is 2.26. The van der Waals surface area contributed by atoms with Crippen LogP contribution >= 0.6 is 0 Å². The third kappa shape index (κ3) is 10.4. The second kappa shape index (κ2) is 15.0. The van der Waals surface area contributed by atoms with E-state index in [1.165, 1.54) is 0 Å². The lowest BCUT2D eigenvalue weighted by molar-refractivity contribution is 0.0526. The van der Waals surface area contributed by atoms with E-state index >= 15 is 0 Å². The topological polar surface area (TPSA) is 106 Å². The molecule has 0 unspecified atom stereocenters. The van der Waals surface area contributed by atoms with E-state index in [0.717, 1.165) is 42.7 Å². The number of rotatable bonds is 14. The van der Waals surface area contributed by atoms with Gasteiger partial charge in [-0.1, -0.05) is 27.7 Å². The molecule has 0 atom stereocenters. The Morgan fingerprint density at radius 1 is 0.930 bits per heavy atom. The molecule has 0 saturated heterocycles. The van der Waals surface area contributed by atoms with Crippen molar-refractivity contribution in [1.29, 1.82) is 0 Å². The summed E-state index contributed by atoms with van der Waals surface area (Å²) < 4.78 is 7.40. The van der Waals surface area contributed by atoms with E-state index in [-0.39, 0.29) is 11.7 Å². The van der Waals surface area contributed by atoms with Crippen molar-refractivity contribution in [2.45, 2.75) is 86.8 Å². The lowest BCUT2D eigenvalue weighted by Crippen LogP contribution is -2.34. The van der Waals surface area contributed by atoms with Gasteiger partial charge in [-0.05, 0) is 101 Å². The van der Waals surface area contributed by atoms with Crippen LogP contribution in [0.5, 0.6) is 0 Å². The molecular weight excluding hydrogens is 542 g/mol. The summed E-state index contributed by atoms with van der Waals surface area (Å²) in [5.74, 6) is 1.65. The molecule has 43 heavy (non-hydrogen) atoms. The number of nitrogens with one attached hydrogen (secondary N) is 2. The second-order valence-corrected chi connectivity index (χ2v) is 13.0. The van der Waals surface area contributed by atoms with Crippen LogP contribution in [0.4, 0.5) is 16.4 Å². The van der Waals surface area contributed by atoms with Gasteiger partial charge in [-0.25, -0.2) is 9.78 Å². The molecule has 2 amide bonds. The minimum absolute atomic E-state index is 0.00399. The number of amides is 2. The van der Waals surface area contributed by atoms with Gasteiger partial charge in [0.1, 0.15) is 5.60 Å². The molecule has 1 heterocycles. The number of Topliss-reactive ketones (excluding diaryl/α,β-unsaturated/α-hetero) is 1. The fourth-order valence-electron chi connectivity index (χ4n) is 4.56. The first kappa shape index (κ1) is 33.6. The molecule has 0 fully saturated rings. The first-order valence-electron chi connectivity index (χ1n) is 15.4. The first-order valence-corrected chi connectivity index (χ1v) is 15.4. The van der Waals surface area contributed by atoms with Crippen molar-refractivity contribution >= 4 is 40.5 Å². The van der Waals surface area contributed by atoms with E-state index in [9.17, 15) is 14.4 Å². The smallest absolute Gasteiger partial charge is 0.407 e. The Kier molecular flexibility index (Phi) is 11.7. The van der Waals surface area contributed by atoms with Crippen LogP contribution < -0.4 is 10.6 Å². The fraction of sp³-hybridized carbons (Fsp3) is 0.529. The monoisotopic (exact) mass is 591 g/mol. The van der Waals surface area contributed by atoms with Crippen molar-refractivity contribution in [2.75, 3.05) is 25.0 Å². The SMILES string of the molecule is CC(=O)c1ccc(Nc2nc3ccc(C(=O)N(CCC(C)C)CCC(C)C)cc3n2CCCNC(=O)OC(C)(C)C)cc1. The molecule has 0 aliphatic heterocycles. The molecule has 9 heteroatoms. The molecule has 234 valence electrons. The normalized spacial score (nSPS) is 11.7. The molecule has 0 saturated carbocycles. The van der Waals surface area contributed by atoms with Gasteiger partial charge in [0.25, 0.3) is 5.91 Å². The Balaban J connectivity index is 1.90. The highest BCUT2D eigenvalue weighted by atomic mass is 16.6. The second-order valence-electron chi connectivity index (χ2n) is 13.0. The predicted molar refractivity (Wildman–Crippen MR) is 173 cm³/mol. The molecule has 2 aromatic carbocycles. The number of fused-ring (bicyclic) bond motifs is 1. The van der Waals surface area contributed by atoms with Crippen LogP contribution in [-0.4, -0.2) is 57.5 Å². The van der Waals surface area contributed by atoms with E-state index in [4.69, 9.17) is 9.72 Å². The van der Waals surface area contributed by atoms with Crippen LogP contribution in [0.2, 0.25) is 0 Å². The van der Waals surface area contributed by atoms with Crippen LogP contribution in [-0.2, 0) is 11.3 Å². The molecule has 1 aromatic heterocycles. The molecular formula is C34H49N5O4. The van der Waals surface area contributed by atoms with Gasteiger partial charge in [0.2, 0.25) is 5.95 Å². The van der Waals surface area contributed by atoms with Crippen molar-refractivity contribution in [3.8, 4) is 0 Å². The van der Waals surface area contributed by atoms with Crippen LogP contribution in [0.1, 0.15) is 95.4 Å². The van der Waals surface area contributed by atoms with E-state index in [2.05, 4.69) is 38.3 Å². The van der Waals surface area contributed by atoms with Crippen molar-refractivity contribution in [1.82, 2.24) is 19.8 Å². The van der Waals surface area contributed by atoms with Gasteiger partial charge < -0.3 is 24.8 Å². The number of anilines is 2. The van der Waals surface area contributed by atoms with E-state index < -0.39 is 11.7 Å². The standard InChI is InChI=1S/C34H49N5O4/c1-23(2)16-20-38(21-17-24(3)4)31(41)27-12-15-29-30(22-27)39(19-9-18-35-33(42)43-34(6,7)8)32(37-29)36-28-13-10-26(11-14-28)25(5)40/h10-15,22-24H,9,16-21H2,1-8H3,(H,35,42)(H,36,37). The number of nitrogens with zero attached hydrogens (tertiary/aromatic N) is 3. The quantitative estimate of drug-likeness (QED) is 0.149. The molecule has 2 N–H and O–H groups in total. The van der Waals surface area contributed by atoms with Gasteiger partial charge >= 0.3 is 6.09 Å². The van der Waals surface area contributed by atoms with Crippen LogP contribution in [0.25, 0.3) is 11.0 Å². The van der Waals surface area contributed by atoms with Gasteiger partial charge in [0.05, 0.1) is 11.0 Å². The number of hydrogen-bond acceptors (Lipinski definition) is 6. The van der Waals surface area contributed by atoms with Gasteiger partial charge in [-0.3, -0.25) is 9.59 Å². The fourth-order valence-corrected chi connectivity index (χ4v) is 4.56. The van der Waals surface area contributed by atoms with Crippen LogP contribution in [0, 0.1) is 11.8 Å². The van der Waals surface area contributed by atoms with Crippen molar-refractivity contribution in [3.63, 3.8) is 0 Å². The first-order chi connectivity index (χ1) is 20.2. The number of aromatic nitrogens is 2. The number of aryl methyl sites for hydroxylation is 1. The van der Waals surface area contributed by atoms with Gasteiger partial charge in [0.15, 0.2) is 5.78 Å². The van der Waals surface area contributed by atoms with Crippen molar-refractivity contribution in [2.24, 2.45) is 11.8 Å². The molecule has 0 radical (unpaired) electrons. The average molecular weight is 592 g/mol. The van der Waals surface area contributed by atoms with E-state index in [1.54, 1.807) is 19.1 Å². The maximum absolute atomic E-state index is 13.8. The minimum Gasteiger partial charge on any atom is -0.444 e. The highest BCUT2D eigenvalue weighted by Gasteiger charge is 2.20. The number of imidazole rings is 1. The van der Waals surface area contributed by atoms with E-state index in [1.807, 2.05) is 60.6 Å². The molecule has 0 aliphatic carbocycles. The number of benzene rings is 2. The zero-order valence-corrected chi connectivity index (χ0v) is 27.1. The lowest BCUT2D eigenvalue weighted by atomic mass is 10.1. The molecule has 0 spiro atoms. The largest absolute Gasteiger partial charge is 0.444 e. The summed E-state index contributed by atoms with van der Waals surface area (Å²) in [6.45, 7) is 18.1. The Morgan fingerprint density at radius 2 is 1.53 bits per heavy atom. The van der Waals surface area contributed by atoms with Crippen molar-refractivity contribution in [3.05, 3.63) is 53.6 Å². The summed E-state index contributed by atoms with van der Waals surface area (Å²) in [5.41, 5.74) is 3.08. The zero-order valence-electron chi connectivity index (χ0n) is 27.1. The van der Waals surface area contributed by atoms with Gasteiger partial charge in [-0.15, -0.1) is 0 Å². The molecule has 0 aliphatic rings. The maximum atomic E-state index is 13.8. The Bertz CT molecular complexity index is 1370. The summed E-state index contributed by atoms with van der Waals surface area (Å²) in [5, 5.41) is 6.20. The number of hydrogen-bond donors (Lipinski definition) is 2. The summed E-state index contributed by atoms with van der Waals surface area (Å²) in [6.07, 6.45) is 2.06. The Morgan fingerprint density at radius 3 is 2.09 bits per heavy atom. The summed E-state index contributed by atoms with van der Waals surface area (Å²) in [4.78, 5) is 44.5. The Hall–Kier alpha value is -3.88. The summed E-state index contributed by atoms with van der Waals surface area (Å²) in [7, 11) is 0. The molecule has 9 nitrogen and oxygen atoms in total. The number of ketones is 1. The minimum atomic E-state index is -0.569. The Labute approximate surface area is 256 Å². The van der Waals surface area contributed by atoms with E-state index in [0.29, 0.717) is 48.4 Å². The maximum Gasteiger partial charge on any atom is 0.407 e. The van der Waals surface area contributed by atoms with Gasteiger partial charge in [-0.2, -0.15) is 0 Å². The number of alkyl carbamates (subject to hydrolysis) is 1. The summed E-state index contributed by atoms with van der Waals surface area (Å²) in [6, 6.07) is 12.9. The average Bonchev–Trinajstić information content (AvgIpc) is 3.25. The van der Waals surface area contributed by atoms with Gasteiger partial charge in [0, 0.05) is 43.0 Å². The number of carbonyl (C=O) groups is 3. The summed E-state index contributed by atoms with van der Waals surface area (Å²) >= 11 is 0. The van der Waals surface area contributed by atoms with Crippen molar-refractivity contribution < 1.29 is 19.1 Å². The third-order valence-electron chi connectivity index (χ3n) is 7.01. The zero-order chi connectivity index (χ0) is 31.7. The molecule has 3 aromatic rings. The third-order valence-corrected chi connectivity index (χ3v) is 7.01. The predicted octanol–water partition coefficient (Wildman–Crippen LogP) is 7.43. The highest BCUT2D eigenvalue weighted by molar-refractivity contribution is 5.98. The lowest BCUT2D eigenvalue weighted by Gasteiger charge is -2.24. The number of ether oxygens (including phenoxy) is 1.